The third-order valence-electron chi connectivity index (χ3n) is 1.72. The normalized spacial score (nSPS) is 10.3. The van der Waals surface area contributed by atoms with Crippen molar-refractivity contribution in [1.82, 2.24) is 0 Å². The monoisotopic (exact) mass is 184 g/mol. The second kappa shape index (κ2) is 3.94. The number of benzene rings is 1. The molecule has 0 aromatic heterocycles. The first-order valence-electron chi connectivity index (χ1n) is 4.04. The van der Waals surface area contributed by atoms with E-state index in [1.165, 1.54) is 0 Å². The molecule has 0 bridgehead atoms. The summed E-state index contributed by atoms with van der Waals surface area (Å²) in [4.78, 5) is 1.16. The quantitative estimate of drug-likeness (QED) is 0.633. The van der Waals surface area contributed by atoms with Crippen LogP contribution in [0.1, 0.15) is 18.1 Å². The summed E-state index contributed by atoms with van der Waals surface area (Å²) in [5.74, 6) is 0.959. The predicted octanol–water partition coefficient (Wildman–Crippen LogP) is 3.55. The summed E-state index contributed by atoms with van der Waals surface area (Å²) in [6.07, 6.45) is 0. The van der Waals surface area contributed by atoms with Crippen LogP contribution in [0, 0.1) is 19.7 Å². The number of hydrogen-bond acceptors (Lipinski definition) is 1. The molecule has 0 fully saturated rings. The third-order valence-corrected chi connectivity index (χ3v) is 2.58. The molecule has 0 aliphatic rings. The summed E-state index contributed by atoms with van der Waals surface area (Å²) in [5.41, 5.74) is 1.48. The van der Waals surface area contributed by atoms with Gasteiger partial charge in [0.05, 0.1) is 0 Å². The Kier molecular flexibility index (Phi) is 3.15. The topological polar surface area (TPSA) is 0 Å². The van der Waals surface area contributed by atoms with Crippen LogP contribution in [0.3, 0.4) is 0 Å². The van der Waals surface area contributed by atoms with E-state index in [1.807, 2.05) is 26.0 Å². The minimum Gasteiger partial charge on any atom is -0.206 e. The van der Waals surface area contributed by atoms with Gasteiger partial charge in [-0.2, -0.15) is 0 Å². The van der Waals surface area contributed by atoms with Gasteiger partial charge in [-0.05, 0) is 42.9 Å². The molecule has 1 aromatic carbocycles. The van der Waals surface area contributed by atoms with Crippen molar-refractivity contribution in [3.63, 3.8) is 0 Å². The van der Waals surface area contributed by atoms with Crippen LogP contribution in [-0.4, -0.2) is 5.75 Å². The summed E-state index contributed by atoms with van der Waals surface area (Å²) in [6.45, 7) is 5.71. The lowest BCUT2D eigenvalue weighted by Crippen LogP contribution is -1.88. The van der Waals surface area contributed by atoms with Gasteiger partial charge in [0, 0.05) is 4.90 Å². The van der Waals surface area contributed by atoms with Crippen molar-refractivity contribution < 1.29 is 4.39 Å². The zero-order valence-corrected chi connectivity index (χ0v) is 8.46. The van der Waals surface area contributed by atoms with Crippen molar-refractivity contribution in [1.29, 1.82) is 0 Å². The van der Waals surface area contributed by atoms with E-state index < -0.39 is 0 Å². The molecule has 1 aromatic rings. The molecule has 0 aliphatic carbocycles. The smallest absolute Gasteiger partial charge is 0.129 e. The van der Waals surface area contributed by atoms with Crippen molar-refractivity contribution in [2.24, 2.45) is 0 Å². The lowest BCUT2D eigenvalue weighted by molar-refractivity contribution is 0.607. The largest absolute Gasteiger partial charge is 0.206 e. The van der Waals surface area contributed by atoms with E-state index >= 15 is 0 Å². The maximum atomic E-state index is 13.1. The molecule has 0 amide bonds. The highest BCUT2D eigenvalue weighted by Gasteiger charge is 2.03. The molecule has 1 rings (SSSR count). The van der Waals surface area contributed by atoms with Gasteiger partial charge in [0.15, 0.2) is 0 Å². The number of halogens is 1. The Bertz CT molecular complexity index is 258. The van der Waals surface area contributed by atoms with Gasteiger partial charge in [-0.1, -0.05) is 6.92 Å². The highest BCUT2D eigenvalue weighted by atomic mass is 32.2. The molecule has 66 valence electrons. The third kappa shape index (κ3) is 2.01. The van der Waals surface area contributed by atoms with E-state index in [0.29, 0.717) is 0 Å². The van der Waals surface area contributed by atoms with Gasteiger partial charge in [-0.25, -0.2) is 4.39 Å². The zero-order valence-electron chi connectivity index (χ0n) is 7.65. The Morgan fingerprint density at radius 3 is 2.17 bits per heavy atom. The molecule has 0 nitrogen and oxygen atoms in total. The molecule has 12 heavy (non-hydrogen) atoms. The van der Waals surface area contributed by atoms with E-state index in [4.69, 9.17) is 0 Å². The molecule has 0 unspecified atom stereocenters. The van der Waals surface area contributed by atoms with E-state index in [2.05, 4.69) is 6.92 Å². The standard InChI is InChI=1S/C10H13FS/c1-4-12-9-5-7(2)10(11)8(3)6-9/h5-6H,4H2,1-3H3. The van der Waals surface area contributed by atoms with Crippen LogP contribution in [0.5, 0.6) is 0 Å². The molecule has 0 heterocycles. The van der Waals surface area contributed by atoms with Gasteiger partial charge in [0.25, 0.3) is 0 Å². The molecule has 2 heteroatoms. The van der Waals surface area contributed by atoms with Gasteiger partial charge in [-0.15, -0.1) is 11.8 Å². The Balaban J connectivity index is 3.04. The SMILES string of the molecule is CCSc1cc(C)c(F)c(C)c1. The Labute approximate surface area is 77.2 Å². The molecule has 0 spiro atoms. The first-order valence-corrected chi connectivity index (χ1v) is 5.03. The number of thioether (sulfide) groups is 1. The van der Waals surface area contributed by atoms with Gasteiger partial charge in [0.2, 0.25) is 0 Å². The second-order valence-electron chi connectivity index (χ2n) is 2.80. The molecular weight excluding hydrogens is 171 g/mol. The highest BCUT2D eigenvalue weighted by molar-refractivity contribution is 7.99. The van der Waals surface area contributed by atoms with Crippen molar-refractivity contribution >= 4 is 11.8 Å². The van der Waals surface area contributed by atoms with E-state index in [9.17, 15) is 4.39 Å². The first-order chi connectivity index (χ1) is 5.65. The van der Waals surface area contributed by atoms with Crippen LogP contribution >= 0.6 is 11.8 Å². The highest BCUT2D eigenvalue weighted by Crippen LogP contribution is 2.22. The first kappa shape index (κ1) is 9.59. The summed E-state index contributed by atoms with van der Waals surface area (Å²) in [5, 5.41) is 0. The lowest BCUT2D eigenvalue weighted by Gasteiger charge is -2.04. The predicted molar refractivity (Wildman–Crippen MR) is 52.3 cm³/mol. The minimum absolute atomic E-state index is 0.0737. The Morgan fingerprint density at radius 2 is 1.75 bits per heavy atom. The number of rotatable bonds is 2. The average Bonchev–Trinajstić information content (AvgIpc) is 2.01. The van der Waals surface area contributed by atoms with Crippen LogP contribution in [0.25, 0.3) is 0 Å². The van der Waals surface area contributed by atoms with Crippen molar-refractivity contribution in [2.45, 2.75) is 25.7 Å². The van der Waals surface area contributed by atoms with Crippen molar-refractivity contribution in [3.05, 3.63) is 29.1 Å². The molecule has 0 saturated carbocycles. The van der Waals surface area contributed by atoms with Crippen LogP contribution < -0.4 is 0 Å². The molecule has 0 aliphatic heterocycles. The summed E-state index contributed by atoms with van der Waals surface area (Å²) in [6, 6.07) is 3.80. The molecular formula is C10H13FS. The van der Waals surface area contributed by atoms with Crippen LogP contribution in [0.2, 0.25) is 0 Å². The number of hydrogen-bond donors (Lipinski definition) is 0. The Morgan fingerprint density at radius 1 is 1.25 bits per heavy atom. The molecule has 0 saturated heterocycles. The summed E-state index contributed by atoms with van der Waals surface area (Å²) >= 11 is 1.75. The van der Waals surface area contributed by atoms with Crippen molar-refractivity contribution in [2.75, 3.05) is 5.75 Å². The fourth-order valence-electron chi connectivity index (χ4n) is 1.16. The van der Waals surface area contributed by atoms with Crippen molar-refractivity contribution in [3.8, 4) is 0 Å². The lowest BCUT2D eigenvalue weighted by atomic mass is 10.1. The number of aryl methyl sites for hydroxylation is 2. The van der Waals surface area contributed by atoms with E-state index in [1.54, 1.807) is 11.8 Å². The maximum absolute atomic E-state index is 13.1. The van der Waals surface area contributed by atoms with E-state index in [-0.39, 0.29) is 5.82 Å². The maximum Gasteiger partial charge on any atom is 0.129 e. The molecule has 0 atom stereocenters. The van der Waals surface area contributed by atoms with Gasteiger partial charge >= 0.3 is 0 Å². The van der Waals surface area contributed by atoms with Crippen LogP contribution in [-0.2, 0) is 0 Å². The summed E-state index contributed by atoms with van der Waals surface area (Å²) < 4.78 is 13.1. The molecule has 0 radical (unpaired) electrons. The van der Waals surface area contributed by atoms with Gasteiger partial charge < -0.3 is 0 Å². The fraction of sp³-hybridized carbons (Fsp3) is 0.400. The van der Waals surface area contributed by atoms with Gasteiger partial charge in [-0.3, -0.25) is 0 Å². The second-order valence-corrected chi connectivity index (χ2v) is 4.14. The fourth-order valence-corrected chi connectivity index (χ4v) is 2.01. The van der Waals surface area contributed by atoms with Crippen LogP contribution in [0.4, 0.5) is 4.39 Å². The molecule has 0 N–H and O–H groups in total. The minimum atomic E-state index is -0.0737. The van der Waals surface area contributed by atoms with Crippen LogP contribution in [0.15, 0.2) is 17.0 Å². The average molecular weight is 184 g/mol. The summed E-state index contributed by atoms with van der Waals surface area (Å²) in [7, 11) is 0. The Hall–Kier alpha value is -0.500. The zero-order chi connectivity index (χ0) is 9.14. The van der Waals surface area contributed by atoms with E-state index in [0.717, 1.165) is 21.8 Å². The van der Waals surface area contributed by atoms with Gasteiger partial charge in [0.1, 0.15) is 5.82 Å².